The minimum atomic E-state index is 0.560. The van der Waals surface area contributed by atoms with Gasteiger partial charge in [0, 0.05) is 5.56 Å². The van der Waals surface area contributed by atoms with Crippen LogP contribution in [0.3, 0.4) is 0 Å². The number of carbonyl (C=O) groups excluding carboxylic acids is 1. The Kier molecular flexibility index (Phi) is 3.71. The summed E-state index contributed by atoms with van der Waals surface area (Å²) >= 11 is 3.48. The first-order chi connectivity index (χ1) is 10.2. The molecule has 0 amide bonds. The molecular formula is C17H13BrN2O. The Labute approximate surface area is 131 Å². The summed E-state index contributed by atoms with van der Waals surface area (Å²) in [6.45, 7) is 2.02. The quantitative estimate of drug-likeness (QED) is 0.661. The van der Waals surface area contributed by atoms with Gasteiger partial charge in [-0.05, 0) is 41.1 Å². The van der Waals surface area contributed by atoms with E-state index in [4.69, 9.17) is 0 Å². The number of aromatic nitrogens is 2. The number of nitrogens with zero attached hydrogens (tertiary/aromatic N) is 2. The largest absolute Gasteiger partial charge is 0.298 e. The zero-order valence-electron chi connectivity index (χ0n) is 11.5. The molecule has 0 fully saturated rings. The van der Waals surface area contributed by atoms with Gasteiger partial charge < -0.3 is 0 Å². The van der Waals surface area contributed by atoms with E-state index < -0.39 is 0 Å². The van der Waals surface area contributed by atoms with Gasteiger partial charge in [-0.1, -0.05) is 42.0 Å². The van der Waals surface area contributed by atoms with Crippen LogP contribution in [0, 0.1) is 6.92 Å². The number of hydrogen-bond acceptors (Lipinski definition) is 2. The van der Waals surface area contributed by atoms with Crippen LogP contribution in [0.4, 0.5) is 0 Å². The Morgan fingerprint density at radius 3 is 2.52 bits per heavy atom. The van der Waals surface area contributed by atoms with E-state index >= 15 is 0 Å². The summed E-state index contributed by atoms with van der Waals surface area (Å²) in [6.07, 6.45) is 0.841. The maximum absolute atomic E-state index is 11.5. The molecule has 0 N–H and O–H groups in total. The third-order valence-electron chi connectivity index (χ3n) is 3.27. The third-order valence-corrected chi connectivity index (χ3v) is 4.04. The molecule has 21 heavy (non-hydrogen) atoms. The van der Waals surface area contributed by atoms with Crippen LogP contribution < -0.4 is 0 Å². The van der Waals surface area contributed by atoms with Gasteiger partial charge in [0.25, 0.3) is 0 Å². The second-order valence-electron chi connectivity index (χ2n) is 4.79. The van der Waals surface area contributed by atoms with Gasteiger partial charge in [-0.3, -0.25) is 4.79 Å². The molecule has 0 saturated carbocycles. The van der Waals surface area contributed by atoms with Crippen molar-refractivity contribution in [2.75, 3.05) is 0 Å². The maximum atomic E-state index is 11.5. The van der Waals surface area contributed by atoms with Crippen molar-refractivity contribution in [3.05, 3.63) is 70.3 Å². The van der Waals surface area contributed by atoms with Crippen molar-refractivity contribution < 1.29 is 4.79 Å². The van der Waals surface area contributed by atoms with Crippen LogP contribution in [0.25, 0.3) is 16.9 Å². The maximum Gasteiger partial charge on any atom is 0.155 e. The second-order valence-corrected chi connectivity index (χ2v) is 5.54. The molecule has 0 saturated heterocycles. The smallest absolute Gasteiger partial charge is 0.155 e. The molecule has 2 aromatic carbocycles. The van der Waals surface area contributed by atoms with E-state index in [9.17, 15) is 4.79 Å². The topological polar surface area (TPSA) is 34.9 Å². The summed E-state index contributed by atoms with van der Waals surface area (Å²) < 4.78 is 2.40. The molecular weight excluding hydrogens is 328 g/mol. The highest BCUT2D eigenvalue weighted by molar-refractivity contribution is 9.10. The summed E-state index contributed by atoms with van der Waals surface area (Å²) in [7, 11) is 0. The van der Waals surface area contributed by atoms with E-state index in [-0.39, 0.29) is 0 Å². The molecule has 3 rings (SSSR count). The van der Waals surface area contributed by atoms with Gasteiger partial charge in [-0.25, -0.2) is 4.68 Å². The summed E-state index contributed by atoms with van der Waals surface area (Å²) in [5.41, 5.74) is 4.22. The number of aldehydes is 1. The van der Waals surface area contributed by atoms with Crippen LogP contribution >= 0.6 is 15.9 Å². The molecule has 0 aliphatic rings. The fourth-order valence-electron chi connectivity index (χ4n) is 2.26. The molecule has 3 aromatic rings. The lowest BCUT2D eigenvalue weighted by atomic mass is 10.1. The van der Waals surface area contributed by atoms with E-state index in [1.807, 2.05) is 61.5 Å². The number of carbonyl (C=O) groups is 1. The number of rotatable bonds is 3. The molecule has 0 unspecified atom stereocenters. The fourth-order valence-corrected chi connectivity index (χ4v) is 2.83. The lowest BCUT2D eigenvalue weighted by Crippen LogP contribution is -1.96. The Morgan fingerprint density at radius 2 is 1.86 bits per heavy atom. The summed E-state index contributed by atoms with van der Waals surface area (Å²) in [4.78, 5) is 11.5. The first kappa shape index (κ1) is 13.8. The zero-order chi connectivity index (χ0) is 14.8. The SMILES string of the molecule is Cc1cccc(-c2nn(-c3ccccc3)c(Br)c2C=O)c1. The van der Waals surface area contributed by atoms with Crippen LogP contribution in [-0.2, 0) is 0 Å². The second kappa shape index (κ2) is 5.66. The number of halogens is 1. The van der Waals surface area contributed by atoms with E-state index in [2.05, 4.69) is 21.0 Å². The Bertz CT molecular complexity index is 794. The number of benzene rings is 2. The lowest BCUT2D eigenvalue weighted by Gasteiger charge is -2.02. The minimum Gasteiger partial charge on any atom is -0.298 e. The van der Waals surface area contributed by atoms with Gasteiger partial charge in [-0.2, -0.15) is 5.10 Å². The Balaban J connectivity index is 2.21. The number of hydrogen-bond donors (Lipinski definition) is 0. The molecule has 3 nitrogen and oxygen atoms in total. The molecule has 4 heteroatoms. The average Bonchev–Trinajstić information content (AvgIpc) is 2.85. The van der Waals surface area contributed by atoms with E-state index in [0.717, 1.165) is 23.1 Å². The molecule has 0 spiro atoms. The van der Waals surface area contributed by atoms with Crippen molar-refractivity contribution in [2.45, 2.75) is 6.92 Å². The highest BCUT2D eigenvalue weighted by Crippen LogP contribution is 2.30. The monoisotopic (exact) mass is 340 g/mol. The van der Waals surface area contributed by atoms with Crippen molar-refractivity contribution in [3.8, 4) is 16.9 Å². The minimum absolute atomic E-state index is 0.560. The predicted molar refractivity (Wildman–Crippen MR) is 86.8 cm³/mol. The molecule has 0 radical (unpaired) electrons. The normalized spacial score (nSPS) is 10.6. The van der Waals surface area contributed by atoms with E-state index in [1.165, 1.54) is 0 Å². The van der Waals surface area contributed by atoms with Crippen molar-refractivity contribution >= 4 is 22.2 Å². The predicted octanol–water partition coefficient (Wildman–Crippen LogP) is 4.42. The number of aryl methyl sites for hydroxylation is 1. The van der Waals surface area contributed by atoms with Crippen LogP contribution in [0.15, 0.2) is 59.2 Å². The Morgan fingerprint density at radius 1 is 1.10 bits per heavy atom. The molecule has 0 aliphatic carbocycles. The first-order valence-corrected chi connectivity index (χ1v) is 7.36. The van der Waals surface area contributed by atoms with Gasteiger partial charge in [0.2, 0.25) is 0 Å². The molecule has 0 bridgehead atoms. The molecule has 0 atom stereocenters. The summed E-state index contributed by atoms with van der Waals surface area (Å²) in [6, 6.07) is 17.7. The van der Waals surface area contributed by atoms with Crippen LogP contribution in [0.2, 0.25) is 0 Å². The van der Waals surface area contributed by atoms with Crippen LogP contribution in [-0.4, -0.2) is 16.1 Å². The molecule has 1 heterocycles. The lowest BCUT2D eigenvalue weighted by molar-refractivity contribution is 0.112. The molecule has 1 aromatic heterocycles. The van der Waals surface area contributed by atoms with Gasteiger partial charge in [-0.15, -0.1) is 0 Å². The molecule has 104 valence electrons. The fraction of sp³-hybridized carbons (Fsp3) is 0.0588. The van der Waals surface area contributed by atoms with Crippen molar-refractivity contribution in [3.63, 3.8) is 0 Å². The Hall–Kier alpha value is -2.20. The third kappa shape index (κ3) is 2.54. The molecule has 0 aliphatic heterocycles. The average molecular weight is 341 g/mol. The first-order valence-electron chi connectivity index (χ1n) is 6.57. The van der Waals surface area contributed by atoms with Crippen LogP contribution in [0.5, 0.6) is 0 Å². The van der Waals surface area contributed by atoms with Gasteiger partial charge in [0.1, 0.15) is 10.3 Å². The van der Waals surface area contributed by atoms with Crippen molar-refractivity contribution in [1.29, 1.82) is 0 Å². The van der Waals surface area contributed by atoms with Gasteiger partial charge in [0.15, 0.2) is 6.29 Å². The van der Waals surface area contributed by atoms with E-state index in [1.54, 1.807) is 4.68 Å². The highest BCUT2D eigenvalue weighted by atomic mass is 79.9. The summed E-state index contributed by atoms with van der Waals surface area (Å²) in [5.74, 6) is 0. The van der Waals surface area contributed by atoms with Crippen molar-refractivity contribution in [1.82, 2.24) is 9.78 Å². The van der Waals surface area contributed by atoms with Gasteiger partial charge in [0.05, 0.1) is 11.3 Å². The van der Waals surface area contributed by atoms with Gasteiger partial charge >= 0.3 is 0 Å². The van der Waals surface area contributed by atoms with Crippen LogP contribution in [0.1, 0.15) is 15.9 Å². The highest BCUT2D eigenvalue weighted by Gasteiger charge is 2.17. The van der Waals surface area contributed by atoms with E-state index in [0.29, 0.717) is 15.9 Å². The van der Waals surface area contributed by atoms with Crippen molar-refractivity contribution in [2.24, 2.45) is 0 Å². The standard InChI is InChI=1S/C17H13BrN2O/c1-12-6-5-7-13(10-12)16-15(11-21)17(18)20(19-16)14-8-3-2-4-9-14/h2-11H,1H3. The summed E-state index contributed by atoms with van der Waals surface area (Å²) in [5, 5.41) is 4.60. The zero-order valence-corrected chi connectivity index (χ0v) is 13.0. The number of para-hydroxylation sites is 1.